The lowest BCUT2D eigenvalue weighted by Crippen LogP contribution is -2.18. The SMILES string of the molecule is COC(=O)C[C@H](O)CP(=O)(C=Cc1c(-c2ccc(F)cc2)nc(-c2ccccc2)nc1C(C)C)OC. The molecule has 36 heavy (non-hydrogen) atoms. The van der Waals surface area contributed by atoms with Crippen molar-refractivity contribution in [2.75, 3.05) is 20.4 Å². The first kappa shape index (κ1) is 27.4. The fraction of sp³-hybridized carbons (Fsp3) is 0.296. The Morgan fingerprint density at radius 2 is 1.72 bits per heavy atom. The van der Waals surface area contributed by atoms with E-state index in [4.69, 9.17) is 14.5 Å². The zero-order valence-corrected chi connectivity index (χ0v) is 21.6. The molecule has 0 aliphatic rings. The maximum atomic E-state index is 13.7. The maximum absolute atomic E-state index is 13.7. The summed E-state index contributed by atoms with van der Waals surface area (Å²) < 4.78 is 36.9. The molecule has 190 valence electrons. The molecule has 0 amide bonds. The Labute approximate surface area is 210 Å². The third kappa shape index (κ3) is 6.94. The number of methoxy groups -OCH3 is 1. The van der Waals surface area contributed by atoms with Gasteiger partial charge in [0.25, 0.3) is 0 Å². The van der Waals surface area contributed by atoms with E-state index in [1.54, 1.807) is 18.2 Å². The van der Waals surface area contributed by atoms with Crippen molar-refractivity contribution in [3.63, 3.8) is 0 Å². The number of halogens is 1. The van der Waals surface area contributed by atoms with Crippen molar-refractivity contribution >= 4 is 19.4 Å². The first-order valence-electron chi connectivity index (χ1n) is 11.5. The van der Waals surface area contributed by atoms with Crippen LogP contribution in [0.5, 0.6) is 0 Å². The Kier molecular flexibility index (Phi) is 9.26. The molecule has 7 nitrogen and oxygen atoms in total. The smallest absolute Gasteiger partial charge is 0.308 e. The number of hydrogen-bond donors (Lipinski definition) is 1. The fourth-order valence-corrected chi connectivity index (χ4v) is 5.14. The molecule has 0 spiro atoms. The van der Waals surface area contributed by atoms with Crippen LogP contribution in [0.25, 0.3) is 28.7 Å². The highest BCUT2D eigenvalue weighted by Crippen LogP contribution is 2.49. The minimum Gasteiger partial charge on any atom is -0.469 e. The van der Waals surface area contributed by atoms with Gasteiger partial charge in [0.1, 0.15) is 5.82 Å². The molecular weight excluding hydrogens is 482 g/mol. The van der Waals surface area contributed by atoms with E-state index >= 15 is 0 Å². The number of aromatic nitrogens is 2. The van der Waals surface area contributed by atoms with Gasteiger partial charge >= 0.3 is 5.97 Å². The number of esters is 1. The van der Waals surface area contributed by atoms with E-state index in [0.717, 1.165) is 5.56 Å². The molecule has 1 N–H and O–H groups in total. The van der Waals surface area contributed by atoms with Gasteiger partial charge in [-0.25, -0.2) is 14.4 Å². The molecule has 1 unspecified atom stereocenters. The molecule has 0 aliphatic heterocycles. The van der Waals surface area contributed by atoms with Crippen molar-refractivity contribution in [3.8, 4) is 22.6 Å². The van der Waals surface area contributed by atoms with E-state index in [2.05, 4.69) is 4.74 Å². The second kappa shape index (κ2) is 12.2. The molecule has 3 rings (SSSR count). The Balaban J connectivity index is 2.13. The minimum atomic E-state index is -3.48. The van der Waals surface area contributed by atoms with Gasteiger partial charge in [0.15, 0.2) is 5.82 Å². The second-order valence-corrected chi connectivity index (χ2v) is 11.0. The number of carbonyl (C=O) groups is 1. The van der Waals surface area contributed by atoms with Gasteiger partial charge in [-0.05, 0) is 36.3 Å². The third-order valence-corrected chi connectivity index (χ3v) is 7.70. The van der Waals surface area contributed by atoms with E-state index in [-0.39, 0.29) is 24.3 Å². The topological polar surface area (TPSA) is 98.6 Å². The molecule has 3 aromatic rings. The van der Waals surface area contributed by atoms with Crippen LogP contribution in [0.1, 0.15) is 37.4 Å². The lowest BCUT2D eigenvalue weighted by molar-refractivity contribution is -0.142. The zero-order chi connectivity index (χ0) is 26.3. The standard InChI is InChI=1S/C27H30FN2O5P/c1-18(2)25-23(14-15-36(33,35-4)17-22(31)16-24(32)34-3)26(19-10-12-21(28)13-11-19)30-27(29-25)20-8-6-5-7-9-20/h5-15,18,22,31H,16-17H2,1-4H3/t22-,36?/m0/s1. The third-order valence-electron chi connectivity index (χ3n) is 5.54. The van der Waals surface area contributed by atoms with Crippen LogP contribution in [-0.2, 0) is 18.6 Å². The number of aliphatic hydroxyl groups is 1. The fourth-order valence-electron chi connectivity index (χ4n) is 3.65. The minimum absolute atomic E-state index is 0.0267. The number of rotatable bonds is 10. The molecule has 1 heterocycles. The highest BCUT2D eigenvalue weighted by atomic mass is 31.2. The summed E-state index contributed by atoms with van der Waals surface area (Å²) in [6.07, 6.45) is -0.144. The molecule has 2 aromatic carbocycles. The predicted octanol–water partition coefficient (Wildman–Crippen LogP) is 5.89. The van der Waals surface area contributed by atoms with Gasteiger partial charge in [0, 0.05) is 29.6 Å². The lowest BCUT2D eigenvalue weighted by Gasteiger charge is -2.18. The van der Waals surface area contributed by atoms with E-state index in [1.807, 2.05) is 44.2 Å². The molecule has 0 fully saturated rings. The van der Waals surface area contributed by atoms with Gasteiger partial charge in [0.2, 0.25) is 7.37 Å². The Hall–Kier alpha value is -3.19. The number of benzene rings is 2. The number of aliphatic hydroxyl groups excluding tert-OH is 1. The Morgan fingerprint density at radius 1 is 1.06 bits per heavy atom. The van der Waals surface area contributed by atoms with Gasteiger partial charge in [-0.3, -0.25) is 9.36 Å². The Bertz CT molecular complexity index is 1260. The van der Waals surface area contributed by atoms with Crippen molar-refractivity contribution in [3.05, 3.63) is 77.5 Å². The molecule has 0 bridgehead atoms. The number of carbonyl (C=O) groups excluding carboxylic acids is 1. The predicted molar refractivity (Wildman–Crippen MR) is 138 cm³/mol. The number of hydrogen-bond acceptors (Lipinski definition) is 7. The van der Waals surface area contributed by atoms with Crippen LogP contribution in [0.3, 0.4) is 0 Å². The van der Waals surface area contributed by atoms with Gasteiger partial charge in [-0.2, -0.15) is 0 Å². The first-order chi connectivity index (χ1) is 17.2. The summed E-state index contributed by atoms with van der Waals surface area (Å²) in [7, 11) is -0.978. The molecule has 2 atom stereocenters. The zero-order valence-electron chi connectivity index (χ0n) is 20.7. The highest BCUT2D eigenvalue weighted by Gasteiger charge is 2.26. The van der Waals surface area contributed by atoms with Crippen LogP contribution in [0.4, 0.5) is 4.39 Å². The van der Waals surface area contributed by atoms with Crippen molar-refractivity contribution in [1.29, 1.82) is 0 Å². The summed E-state index contributed by atoms with van der Waals surface area (Å²) in [6.45, 7) is 3.97. The van der Waals surface area contributed by atoms with Gasteiger partial charge in [-0.15, -0.1) is 0 Å². The normalized spacial score (nSPS) is 14.1. The average molecular weight is 513 g/mol. The van der Waals surface area contributed by atoms with Crippen molar-refractivity contribution < 1.29 is 28.1 Å². The van der Waals surface area contributed by atoms with E-state index in [1.165, 1.54) is 32.2 Å². The average Bonchev–Trinajstić information content (AvgIpc) is 2.87. The summed E-state index contributed by atoms with van der Waals surface area (Å²) in [5.74, 6) is 0.897. The second-order valence-electron chi connectivity index (χ2n) is 8.56. The van der Waals surface area contributed by atoms with Gasteiger partial charge in [-0.1, -0.05) is 44.2 Å². The van der Waals surface area contributed by atoms with Crippen LogP contribution >= 0.6 is 7.37 Å². The summed E-state index contributed by atoms with van der Waals surface area (Å²) in [5, 5.41) is 10.2. The highest BCUT2D eigenvalue weighted by molar-refractivity contribution is 7.62. The van der Waals surface area contributed by atoms with Crippen molar-refractivity contribution in [2.45, 2.75) is 32.3 Å². The Morgan fingerprint density at radius 3 is 2.31 bits per heavy atom. The van der Waals surface area contributed by atoms with Crippen LogP contribution in [0.15, 0.2) is 60.4 Å². The lowest BCUT2D eigenvalue weighted by atomic mass is 9.98. The maximum Gasteiger partial charge on any atom is 0.308 e. The molecule has 0 saturated heterocycles. The van der Waals surface area contributed by atoms with Gasteiger partial charge < -0.3 is 14.4 Å². The molecular formula is C27H30FN2O5P. The number of nitrogens with zero attached hydrogens (tertiary/aromatic N) is 2. The molecule has 0 saturated carbocycles. The number of ether oxygens (including phenoxy) is 1. The summed E-state index contributed by atoms with van der Waals surface area (Å²) in [6, 6.07) is 15.5. The summed E-state index contributed by atoms with van der Waals surface area (Å²) in [4.78, 5) is 21.1. The van der Waals surface area contributed by atoms with Crippen LogP contribution < -0.4 is 0 Å². The van der Waals surface area contributed by atoms with Crippen molar-refractivity contribution in [1.82, 2.24) is 9.97 Å². The quantitative estimate of drug-likeness (QED) is 0.267. The van der Waals surface area contributed by atoms with Crippen LogP contribution in [0, 0.1) is 5.82 Å². The van der Waals surface area contributed by atoms with Crippen molar-refractivity contribution in [2.24, 2.45) is 0 Å². The molecule has 1 aromatic heterocycles. The van der Waals surface area contributed by atoms with E-state index in [0.29, 0.717) is 28.3 Å². The van der Waals surface area contributed by atoms with E-state index < -0.39 is 19.4 Å². The monoisotopic (exact) mass is 512 g/mol. The van der Waals surface area contributed by atoms with Crippen LogP contribution in [0.2, 0.25) is 0 Å². The van der Waals surface area contributed by atoms with E-state index in [9.17, 15) is 18.9 Å². The summed E-state index contributed by atoms with van der Waals surface area (Å²) in [5.41, 5.74) is 3.34. The summed E-state index contributed by atoms with van der Waals surface area (Å²) >= 11 is 0. The van der Waals surface area contributed by atoms with Gasteiger partial charge in [0.05, 0.1) is 37.2 Å². The molecule has 9 heteroatoms. The first-order valence-corrected chi connectivity index (χ1v) is 13.4. The van der Waals surface area contributed by atoms with Crippen LogP contribution in [-0.4, -0.2) is 47.5 Å². The largest absolute Gasteiger partial charge is 0.469 e. The molecule has 0 radical (unpaired) electrons. The molecule has 0 aliphatic carbocycles.